The Morgan fingerprint density at radius 3 is 2.56 bits per heavy atom. The van der Waals surface area contributed by atoms with E-state index in [1.165, 1.54) is 0 Å². The molecule has 5 heteroatoms. The third-order valence-corrected chi connectivity index (χ3v) is 2.84. The summed E-state index contributed by atoms with van der Waals surface area (Å²) in [4.78, 5) is 15.3. The summed E-state index contributed by atoms with van der Waals surface area (Å²) in [5, 5.41) is 8.64. The molecule has 1 aliphatic rings. The van der Waals surface area contributed by atoms with Crippen molar-refractivity contribution < 1.29 is 14.6 Å². The molecule has 1 saturated heterocycles. The zero-order valence-electron chi connectivity index (χ0n) is 10.2. The Hall–Kier alpha value is -0.650. The summed E-state index contributed by atoms with van der Waals surface area (Å²) in [6.45, 7) is 2.80. The highest BCUT2D eigenvalue weighted by molar-refractivity contribution is 5.77. The van der Waals surface area contributed by atoms with Gasteiger partial charge in [0.1, 0.15) is 0 Å². The fourth-order valence-corrected chi connectivity index (χ4v) is 1.79. The number of hydrogen-bond donors (Lipinski definition) is 1. The second-order valence-corrected chi connectivity index (χ2v) is 4.36. The highest BCUT2D eigenvalue weighted by atomic mass is 16.5. The Balaban J connectivity index is 2.19. The zero-order valence-corrected chi connectivity index (χ0v) is 10.2. The number of carbonyl (C=O) groups excluding carboxylic acids is 1. The van der Waals surface area contributed by atoms with Crippen molar-refractivity contribution in [1.29, 1.82) is 0 Å². The number of aliphatic hydroxyl groups excluding tert-OH is 1. The molecule has 1 rings (SSSR count). The van der Waals surface area contributed by atoms with Crippen molar-refractivity contribution in [2.24, 2.45) is 0 Å². The molecule has 0 unspecified atom stereocenters. The number of aliphatic hydroxyl groups is 1. The van der Waals surface area contributed by atoms with Gasteiger partial charge < -0.3 is 14.7 Å². The summed E-state index contributed by atoms with van der Waals surface area (Å²) < 4.78 is 5.46. The highest BCUT2D eigenvalue weighted by Crippen LogP contribution is 2.13. The van der Waals surface area contributed by atoms with Crippen LogP contribution < -0.4 is 0 Å². The van der Waals surface area contributed by atoms with E-state index in [1.54, 1.807) is 19.0 Å². The number of hydrogen-bond acceptors (Lipinski definition) is 4. The smallest absolute Gasteiger partial charge is 0.236 e. The van der Waals surface area contributed by atoms with E-state index in [-0.39, 0.29) is 18.6 Å². The number of nitrogens with zero attached hydrogens (tertiary/aromatic N) is 2. The molecule has 16 heavy (non-hydrogen) atoms. The molecule has 0 aliphatic carbocycles. The number of amides is 1. The lowest BCUT2D eigenvalue weighted by Gasteiger charge is -2.31. The Kier molecular flexibility index (Phi) is 5.73. The molecule has 5 nitrogen and oxygen atoms in total. The third-order valence-electron chi connectivity index (χ3n) is 2.84. The maximum Gasteiger partial charge on any atom is 0.236 e. The average molecular weight is 230 g/mol. The molecule has 0 saturated carbocycles. The number of rotatable bonds is 5. The van der Waals surface area contributed by atoms with Gasteiger partial charge in [-0.1, -0.05) is 0 Å². The van der Waals surface area contributed by atoms with Crippen molar-refractivity contribution in [3.8, 4) is 0 Å². The molecule has 0 aromatic rings. The minimum absolute atomic E-state index is 0.0827. The second kappa shape index (κ2) is 6.83. The number of carbonyl (C=O) groups is 1. The minimum Gasteiger partial charge on any atom is -0.394 e. The van der Waals surface area contributed by atoms with Crippen molar-refractivity contribution in [3.05, 3.63) is 0 Å². The lowest BCUT2D eigenvalue weighted by Crippen LogP contribution is -2.42. The molecule has 1 amide bonds. The average Bonchev–Trinajstić information content (AvgIpc) is 2.28. The van der Waals surface area contributed by atoms with Crippen LogP contribution in [0.4, 0.5) is 0 Å². The quantitative estimate of drug-likeness (QED) is 0.695. The molecule has 0 spiro atoms. The first-order valence-corrected chi connectivity index (χ1v) is 5.78. The van der Waals surface area contributed by atoms with E-state index < -0.39 is 0 Å². The van der Waals surface area contributed by atoms with Gasteiger partial charge >= 0.3 is 0 Å². The van der Waals surface area contributed by atoms with Crippen LogP contribution in [0.15, 0.2) is 0 Å². The lowest BCUT2D eigenvalue weighted by molar-refractivity contribution is -0.130. The minimum atomic E-state index is 0.0827. The molecule has 1 N–H and O–H groups in total. The Morgan fingerprint density at radius 1 is 1.44 bits per heavy atom. The van der Waals surface area contributed by atoms with E-state index in [0.717, 1.165) is 25.9 Å². The summed E-state index contributed by atoms with van der Waals surface area (Å²) in [6, 6.07) is 0. The number of likely N-dealkylation sites (tertiary alicyclic amines) is 1. The normalized spacial score (nSPS) is 18.7. The molecule has 94 valence electrons. The topological polar surface area (TPSA) is 53.0 Å². The maximum atomic E-state index is 11.5. The van der Waals surface area contributed by atoms with Crippen molar-refractivity contribution in [2.45, 2.75) is 18.9 Å². The van der Waals surface area contributed by atoms with Gasteiger partial charge in [-0.2, -0.15) is 0 Å². The number of likely N-dealkylation sites (N-methyl/N-ethyl adjacent to an activating group) is 1. The second-order valence-electron chi connectivity index (χ2n) is 4.36. The largest absolute Gasteiger partial charge is 0.394 e. The van der Waals surface area contributed by atoms with E-state index in [4.69, 9.17) is 9.84 Å². The molecule has 0 atom stereocenters. The van der Waals surface area contributed by atoms with Gasteiger partial charge in [-0.15, -0.1) is 0 Å². The fourth-order valence-electron chi connectivity index (χ4n) is 1.79. The Morgan fingerprint density at radius 2 is 2.06 bits per heavy atom. The van der Waals surface area contributed by atoms with Crippen molar-refractivity contribution in [3.63, 3.8) is 0 Å². The predicted molar refractivity (Wildman–Crippen MR) is 61.2 cm³/mol. The molecular weight excluding hydrogens is 208 g/mol. The van der Waals surface area contributed by atoms with Crippen LogP contribution >= 0.6 is 0 Å². The van der Waals surface area contributed by atoms with Crippen molar-refractivity contribution in [1.82, 2.24) is 9.80 Å². The Labute approximate surface area is 97.0 Å². The molecule has 0 aromatic heterocycles. The van der Waals surface area contributed by atoms with Crippen molar-refractivity contribution >= 4 is 5.91 Å². The van der Waals surface area contributed by atoms with E-state index in [2.05, 4.69) is 4.90 Å². The van der Waals surface area contributed by atoms with Gasteiger partial charge in [-0.05, 0) is 12.8 Å². The predicted octanol–water partition coefficient (Wildman–Crippen LogP) is -0.452. The van der Waals surface area contributed by atoms with Crippen LogP contribution in [0.25, 0.3) is 0 Å². The standard InChI is InChI=1S/C11H22N2O3/c1-12(2)11(15)9-13-5-3-10(4-6-13)16-8-7-14/h10,14H,3-9H2,1-2H3. The van der Waals surface area contributed by atoms with Crippen LogP contribution in [-0.2, 0) is 9.53 Å². The summed E-state index contributed by atoms with van der Waals surface area (Å²) >= 11 is 0. The van der Waals surface area contributed by atoms with Gasteiger partial charge in [0.25, 0.3) is 0 Å². The monoisotopic (exact) mass is 230 g/mol. The van der Waals surface area contributed by atoms with Crippen LogP contribution in [-0.4, -0.2) is 73.9 Å². The van der Waals surface area contributed by atoms with E-state index in [0.29, 0.717) is 13.2 Å². The van der Waals surface area contributed by atoms with E-state index in [9.17, 15) is 4.79 Å². The van der Waals surface area contributed by atoms with Crippen LogP contribution in [0, 0.1) is 0 Å². The first-order chi connectivity index (χ1) is 7.63. The Bertz CT molecular complexity index is 213. The first-order valence-electron chi connectivity index (χ1n) is 5.78. The summed E-state index contributed by atoms with van der Waals surface area (Å²) in [5.41, 5.74) is 0. The number of piperidine rings is 1. The molecule has 1 aliphatic heterocycles. The molecular formula is C11H22N2O3. The molecule has 1 heterocycles. The molecule has 0 radical (unpaired) electrons. The fraction of sp³-hybridized carbons (Fsp3) is 0.909. The lowest BCUT2D eigenvalue weighted by atomic mass is 10.1. The van der Waals surface area contributed by atoms with Gasteiger partial charge in [0, 0.05) is 27.2 Å². The number of ether oxygens (including phenoxy) is 1. The summed E-state index contributed by atoms with van der Waals surface area (Å²) in [7, 11) is 3.55. The van der Waals surface area contributed by atoms with E-state index >= 15 is 0 Å². The molecule has 0 bridgehead atoms. The van der Waals surface area contributed by atoms with Crippen molar-refractivity contribution in [2.75, 3.05) is 46.9 Å². The van der Waals surface area contributed by atoms with Gasteiger partial charge in [-0.25, -0.2) is 0 Å². The third kappa shape index (κ3) is 4.47. The maximum absolute atomic E-state index is 11.5. The zero-order chi connectivity index (χ0) is 12.0. The van der Waals surface area contributed by atoms with Crippen LogP contribution in [0.5, 0.6) is 0 Å². The van der Waals surface area contributed by atoms with Gasteiger partial charge in [0.15, 0.2) is 0 Å². The molecule has 1 fully saturated rings. The highest BCUT2D eigenvalue weighted by Gasteiger charge is 2.21. The van der Waals surface area contributed by atoms with Crippen LogP contribution in [0.2, 0.25) is 0 Å². The van der Waals surface area contributed by atoms with Crippen LogP contribution in [0.3, 0.4) is 0 Å². The van der Waals surface area contributed by atoms with Gasteiger partial charge in [-0.3, -0.25) is 9.69 Å². The first kappa shape index (κ1) is 13.4. The summed E-state index contributed by atoms with van der Waals surface area (Å²) in [6.07, 6.45) is 2.14. The van der Waals surface area contributed by atoms with E-state index in [1.807, 2.05) is 0 Å². The SMILES string of the molecule is CN(C)C(=O)CN1CCC(OCCO)CC1. The van der Waals surface area contributed by atoms with Crippen LogP contribution in [0.1, 0.15) is 12.8 Å². The summed E-state index contributed by atoms with van der Waals surface area (Å²) in [5.74, 6) is 0.148. The molecule has 0 aromatic carbocycles. The van der Waals surface area contributed by atoms with Gasteiger partial charge in [0.2, 0.25) is 5.91 Å². The van der Waals surface area contributed by atoms with Gasteiger partial charge in [0.05, 0.1) is 25.9 Å².